The molecule has 2 atom stereocenters. The molecule has 0 unspecified atom stereocenters. The molecule has 1 saturated heterocycles. The van der Waals surface area contributed by atoms with Crippen LogP contribution >= 0.6 is 0 Å². The minimum absolute atomic E-state index is 0.00101. The molecule has 3 amide bonds. The zero-order chi connectivity index (χ0) is 33.9. The number of carbonyl (C=O) groups is 3. The van der Waals surface area contributed by atoms with Gasteiger partial charge in [-0.15, -0.1) is 0 Å². The summed E-state index contributed by atoms with van der Waals surface area (Å²) in [5, 5.41) is 5.75. The third kappa shape index (κ3) is 7.48. The van der Waals surface area contributed by atoms with Gasteiger partial charge in [0.1, 0.15) is 11.9 Å². The summed E-state index contributed by atoms with van der Waals surface area (Å²) < 4.78 is 4.75. The van der Waals surface area contributed by atoms with Crippen LogP contribution in [0.3, 0.4) is 0 Å². The molecule has 4 aromatic rings. The number of benzene rings is 3. The van der Waals surface area contributed by atoms with Gasteiger partial charge < -0.3 is 31.0 Å². The molecule has 0 bridgehead atoms. The van der Waals surface area contributed by atoms with Crippen LogP contribution in [-0.4, -0.2) is 52.5 Å². The lowest BCUT2D eigenvalue weighted by Gasteiger charge is -2.30. The number of aromatic nitrogens is 2. The van der Waals surface area contributed by atoms with Crippen LogP contribution < -0.4 is 16.4 Å². The molecule has 246 valence electrons. The Labute approximate surface area is 276 Å². The molecule has 1 aliphatic heterocycles. The Kier molecular flexibility index (Phi) is 9.69. The van der Waals surface area contributed by atoms with Crippen molar-refractivity contribution >= 4 is 29.3 Å². The Balaban J connectivity index is 1.44. The summed E-state index contributed by atoms with van der Waals surface area (Å²) in [4.78, 5) is 49.3. The molecule has 10 nitrogen and oxygen atoms in total. The fraction of sp³-hybridized carbons (Fsp3) is 0.351. The van der Waals surface area contributed by atoms with Crippen LogP contribution in [0.1, 0.15) is 75.2 Å². The van der Waals surface area contributed by atoms with Gasteiger partial charge in [0.15, 0.2) is 0 Å². The van der Waals surface area contributed by atoms with E-state index in [9.17, 15) is 14.4 Å². The average molecular weight is 637 g/mol. The number of rotatable bonds is 8. The Hall–Kier alpha value is -5.12. The van der Waals surface area contributed by atoms with Crippen LogP contribution in [0.2, 0.25) is 0 Å². The number of hydrogen-bond acceptors (Lipinski definition) is 6. The zero-order valence-corrected chi connectivity index (χ0v) is 27.9. The number of H-pyrrole nitrogens is 1. The fourth-order valence-electron chi connectivity index (χ4n) is 5.91. The zero-order valence-electron chi connectivity index (χ0n) is 27.9. The number of ether oxygens (including phenoxy) is 1. The van der Waals surface area contributed by atoms with E-state index >= 15 is 0 Å². The van der Waals surface area contributed by atoms with Crippen LogP contribution in [0, 0.1) is 5.92 Å². The summed E-state index contributed by atoms with van der Waals surface area (Å²) in [5.74, 6) is 0.107. The van der Waals surface area contributed by atoms with Crippen molar-refractivity contribution in [1.82, 2.24) is 20.2 Å². The Bertz CT molecular complexity index is 1740. The van der Waals surface area contributed by atoms with E-state index in [1.165, 1.54) is 12.7 Å². The number of amides is 3. The van der Waals surface area contributed by atoms with Gasteiger partial charge in [-0.2, -0.15) is 0 Å². The highest BCUT2D eigenvalue weighted by molar-refractivity contribution is 6.09. The number of alkyl carbamates (subject to hydrolysis) is 1. The van der Waals surface area contributed by atoms with Crippen LogP contribution in [0.15, 0.2) is 72.9 Å². The summed E-state index contributed by atoms with van der Waals surface area (Å²) in [5.41, 5.74) is 12.1. The van der Waals surface area contributed by atoms with E-state index in [1.807, 2.05) is 80.6 Å². The predicted molar refractivity (Wildman–Crippen MR) is 185 cm³/mol. The third-order valence-corrected chi connectivity index (χ3v) is 8.64. The molecular formula is C37H44N6O4. The first kappa shape index (κ1) is 33.2. The van der Waals surface area contributed by atoms with Gasteiger partial charge in [-0.05, 0) is 71.2 Å². The third-order valence-electron chi connectivity index (χ3n) is 8.64. The molecular weight excluding hydrogens is 592 g/mol. The second-order valence-corrected chi connectivity index (χ2v) is 13.4. The Morgan fingerprint density at radius 3 is 2.32 bits per heavy atom. The highest BCUT2D eigenvalue weighted by Crippen LogP contribution is 2.34. The Morgan fingerprint density at radius 2 is 1.68 bits per heavy atom. The van der Waals surface area contributed by atoms with Gasteiger partial charge in [0.05, 0.1) is 25.0 Å². The van der Waals surface area contributed by atoms with E-state index in [1.54, 1.807) is 11.1 Å². The average Bonchev–Trinajstić information content (AvgIpc) is 3.73. The number of nitrogens with one attached hydrogen (secondary N) is 3. The van der Waals surface area contributed by atoms with Crippen molar-refractivity contribution in [3.05, 3.63) is 89.9 Å². The molecule has 5 N–H and O–H groups in total. The number of nitrogen functional groups attached to an aromatic ring is 1. The van der Waals surface area contributed by atoms with Crippen molar-refractivity contribution in [3.8, 4) is 22.4 Å². The molecule has 47 heavy (non-hydrogen) atoms. The summed E-state index contributed by atoms with van der Waals surface area (Å²) >= 11 is 0. The second-order valence-electron chi connectivity index (χ2n) is 13.4. The van der Waals surface area contributed by atoms with Crippen molar-refractivity contribution in [2.24, 2.45) is 5.92 Å². The molecule has 2 heterocycles. The number of methoxy groups -OCH3 is 1. The van der Waals surface area contributed by atoms with Crippen LogP contribution in [0.5, 0.6) is 0 Å². The van der Waals surface area contributed by atoms with Crippen molar-refractivity contribution in [2.45, 2.75) is 65.0 Å². The molecule has 3 aromatic carbocycles. The van der Waals surface area contributed by atoms with Crippen molar-refractivity contribution in [3.63, 3.8) is 0 Å². The van der Waals surface area contributed by atoms with Gasteiger partial charge in [0.2, 0.25) is 5.91 Å². The van der Waals surface area contributed by atoms with E-state index in [0.717, 1.165) is 35.2 Å². The van der Waals surface area contributed by atoms with Gasteiger partial charge in [-0.1, -0.05) is 71.0 Å². The van der Waals surface area contributed by atoms with E-state index in [2.05, 4.69) is 41.4 Å². The maximum Gasteiger partial charge on any atom is 0.407 e. The maximum absolute atomic E-state index is 13.8. The molecule has 10 heteroatoms. The van der Waals surface area contributed by atoms with Crippen molar-refractivity contribution in [1.29, 1.82) is 0 Å². The van der Waals surface area contributed by atoms with E-state index in [4.69, 9.17) is 10.5 Å². The number of imidazole rings is 1. The normalized spacial score (nSPS) is 15.4. The molecule has 1 aromatic heterocycles. The standard InChI is InChI=1S/C37H44N6O4/c1-22(2)32(42-36(46)47-6)35(45)43-19-7-8-31(43)33-39-21-30(41-33)24-11-18-28(23-9-14-26(38)15-10-23)29(20-24)34(44)40-27-16-12-25(13-17-27)37(3,4)5/h9-18,20-22,31-32H,7-8,19,38H2,1-6H3,(H,39,41)(H,40,44)(H,42,46)/t31-,32-/m0/s1. The van der Waals surface area contributed by atoms with E-state index in [-0.39, 0.29) is 29.2 Å². The molecule has 1 aliphatic rings. The summed E-state index contributed by atoms with van der Waals surface area (Å²) in [6.45, 7) is 10.8. The van der Waals surface area contributed by atoms with Gasteiger partial charge in [-0.3, -0.25) is 9.59 Å². The van der Waals surface area contributed by atoms with E-state index in [0.29, 0.717) is 29.3 Å². The number of nitrogens with zero attached hydrogens (tertiary/aromatic N) is 2. The summed E-state index contributed by atoms with van der Waals surface area (Å²) in [6, 6.07) is 20.1. The minimum atomic E-state index is -0.718. The predicted octanol–water partition coefficient (Wildman–Crippen LogP) is 6.92. The van der Waals surface area contributed by atoms with E-state index < -0.39 is 12.1 Å². The number of aromatic amines is 1. The molecule has 0 spiro atoms. The number of anilines is 2. The first-order valence-electron chi connectivity index (χ1n) is 16.0. The fourth-order valence-corrected chi connectivity index (χ4v) is 5.91. The van der Waals surface area contributed by atoms with Crippen LogP contribution in [-0.2, 0) is 14.9 Å². The first-order valence-corrected chi connectivity index (χ1v) is 16.0. The quantitative estimate of drug-likeness (QED) is 0.155. The topological polar surface area (TPSA) is 142 Å². The number of nitrogens with two attached hydrogens (primary N) is 1. The highest BCUT2D eigenvalue weighted by Gasteiger charge is 2.37. The molecule has 5 rings (SSSR count). The summed E-state index contributed by atoms with van der Waals surface area (Å²) in [6.07, 6.45) is 2.64. The molecule has 1 fully saturated rings. The van der Waals surface area contributed by atoms with Crippen LogP contribution in [0.25, 0.3) is 22.4 Å². The highest BCUT2D eigenvalue weighted by atomic mass is 16.5. The minimum Gasteiger partial charge on any atom is -0.453 e. The SMILES string of the molecule is COC(=O)N[C@H](C(=O)N1CCC[C@H]1c1ncc(-c2ccc(-c3ccc(N)cc3)c(C(=O)Nc3ccc(C(C)(C)C)cc3)c2)[nH]1)C(C)C. The number of hydrogen-bond donors (Lipinski definition) is 4. The largest absolute Gasteiger partial charge is 0.453 e. The monoisotopic (exact) mass is 636 g/mol. The Morgan fingerprint density at radius 1 is 1.00 bits per heavy atom. The number of likely N-dealkylation sites (tertiary alicyclic amines) is 1. The summed E-state index contributed by atoms with van der Waals surface area (Å²) in [7, 11) is 1.28. The molecule has 0 aliphatic carbocycles. The first-order chi connectivity index (χ1) is 22.3. The lowest BCUT2D eigenvalue weighted by atomic mass is 9.87. The smallest absolute Gasteiger partial charge is 0.407 e. The lowest BCUT2D eigenvalue weighted by molar-refractivity contribution is -0.135. The van der Waals surface area contributed by atoms with Crippen molar-refractivity contribution < 1.29 is 19.1 Å². The molecule has 0 radical (unpaired) electrons. The number of carbonyl (C=O) groups excluding carboxylic acids is 3. The lowest BCUT2D eigenvalue weighted by Crippen LogP contribution is -2.51. The van der Waals surface area contributed by atoms with Crippen LogP contribution in [0.4, 0.5) is 16.2 Å². The van der Waals surface area contributed by atoms with Crippen molar-refractivity contribution in [2.75, 3.05) is 24.7 Å². The van der Waals surface area contributed by atoms with Gasteiger partial charge >= 0.3 is 6.09 Å². The second kappa shape index (κ2) is 13.7. The van der Waals surface area contributed by atoms with Gasteiger partial charge in [0, 0.05) is 29.0 Å². The maximum atomic E-state index is 13.8. The molecule has 0 saturated carbocycles. The van der Waals surface area contributed by atoms with Gasteiger partial charge in [0.25, 0.3) is 5.91 Å². The van der Waals surface area contributed by atoms with Gasteiger partial charge in [-0.25, -0.2) is 9.78 Å².